The maximum Gasteiger partial charge on any atom is 0.286 e. The summed E-state index contributed by atoms with van der Waals surface area (Å²) in [5.74, 6) is -0.512. The van der Waals surface area contributed by atoms with Gasteiger partial charge in [-0.25, -0.2) is 4.39 Å². The highest BCUT2D eigenvalue weighted by molar-refractivity contribution is 8.18. The van der Waals surface area contributed by atoms with E-state index in [4.69, 9.17) is 0 Å². The van der Waals surface area contributed by atoms with Crippen LogP contribution in [0.15, 0.2) is 40.4 Å². The molecule has 1 aromatic heterocycles. The molecule has 0 spiro atoms. The average Bonchev–Trinajstić information content (AvgIpc) is 3.19. The minimum absolute atomic E-state index is 0.224. The third-order valence-electron chi connectivity index (χ3n) is 4.93. The fourth-order valence-corrected chi connectivity index (χ4v) is 4.35. The van der Waals surface area contributed by atoms with Gasteiger partial charge in [-0.3, -0.25) is 14.4 Å². The number of aromatic nitrogens is 2. The van der Waals surface area contributed by atoms with Crippen molar-refractivity contribution in [2.45, 2.75) is 13.5 Å². The van der Waals surface area contributed by atoms with E-state index in [0.717, 1.165) is 49.1 Å². The molecule has 4 rings (SSSR count). The quantitative estimate of drug-likeness (QED) is 0.743. The Morgan fingerprint density at radius 2 is 1.89 bits per heavy atom. The van der Waals surface area contributed by atoms with E-state index in [1.807, 2.05) is 18.7 Å². The number of nitrogens with zero attached hydrogens (tertiary/aromatic N) is 5. The summed E-state index contributed by atoms with van der Waals surface area (Å²) in [7, 11) is 1.94. The molecule has 28 heavy (non-hydrogen) atoms. The van der Waals surface area contributed by atoms with Crippen molar-refractivity contribution in [3.05, 3.63) is 58.0 Å². The second-order valence-electron chi connectivity index (χ2n) is 7.04. The number of amides is 1. The molecule has 1 saturated heterocycles. The zero-order valence-electron chi connectivity index (χ0n) is 15.9. The molecule has 146 valence electrons. The van der Waals surface area contributed by atoms with Gasteiger partial charge in [-0.05, 0) is 42.5 Å². The van der Waals surface area contributed by atoms with Crippen LogP contribution in [0.2, 0.25) is 0 Å². The van der Waals surface area contributed by atoms with Crippen molar-refractivity contribution in [1.82, 2.24) is 19.6 Å². The van der Waals surface area contributed by atoms with E-state index in [9.17, 15) is 9.18 Å². The van der Waals surface area contributed by atoms with Crippen LogP contribution in [-0.4, -0.2) is 56.8 Å². The molecule has 1 amide bonds. The number of aryl methyl sites for hydroxylation is 2. The summed E-state index contributed by atoms with van der Waals surface area (Å²) in [4.78, 5) is 21.6. The molecule has 8 heteroatoms. The Morgan fingerprint density at radius 1 is 1.18 bits per heavy atom. The van der Waals surface area contributed by atoms with E-state index in [1.165, 1.54) is 29.5 Å². The summed E-state index contributed by atoms with van der Waals surface area (Å²) in [5, 5.41) is 5.16. The van der Waals surface area contributed by atoms with Gasteiger partial charge < -0.3 is 4.90 Å². The van der Waals surface area contributed by atoms with Crippen molar-refractivity contribution < 1.29 is 9.18 Å². The fraction of sp³-hybridized carbons (Fsp3) is 0.350. The maximum absolute atomic E-state index is 13.0. The number of thioether (sulfide) groups is 1. The van der Waals surface area contributed by atoms with Gasteiger partial charge in [-0.2, -0.15) is 10.1 Å². The monoisotopic (exact) mass is 399 g/mol. The Bertz CT molecular complexity index is 942. The molecule has 0 saturated carbocycles. The molecule has 0 unspecified atom stereocenters. The Morgan fingerprint density at radius 3 is 2.54 bits per heavy atom. The van der Waals surface area contributed by atoms with E-state index >= 15 is 0 Å². The number of halogens is 1. The number of carbonyl (C=O) groups excluding carboxylic acids is 1. The third kappa shape index (κ3) is 4.18. The number of hydrogen-bond donors (Lipinski definition) is 0. The van der Waals surface area contributed by atoms with Crippen molar-refractivity contribution in [3.8, 4) is 0 Å². The Hall–Kier alpha value is -2.45. The van der Waals surface area contributed by atoms with Crippen LogP contribution in [0, 0.1) is 12.7 Å². The summed E-state index contributed by atoms with van der Waals surface area (Å²) < 4.78 is 14.9. The van der Waals surface area contributed by atoms with Gasteiger partial charge in [-0.1, -0.05) is 12.1 Å². The number of amidine groups is 1. The molecule has 0 aliphatic carbocycles. The van der Waals surface area contributed by atoms with Crippen LogP contribution < -0.4 is 0 Å². The van der Waals surface area contributed by atoms with Gasteiger partial charge in [0, 0.05) is 51.5 Å². The lowest BCUT2D eigenvalue weighted by Gasteiger charge is -2.35. The molecule has 2 aliphatic rings. The predicted molar refractivity (Wildman–Crippen MR) is 109 cm³/mol. The molecule has 6 nitrogen and oxygen atoms in total. The summed E-state index contributed by atoms with van der Waals surface area (Å²) in [6, 6.07) is 6.10. The molecule has 1 aromatic carbocycles. The Kier molecular flexibility index (Phi) is 5.32. The zero-order chi connectivity index (χ0) is 19.7. The number of carbonyl (C=O) groups is 1. The smallest absolute Gasteiger partial charge is 0.286 e. The minimum Gasteiger partial charge on any atom is -0.348 e. The molecule has 3 heterocycles. The summed E-state index contributed by atoms with van der Waals surface area (Å²) in [5.41, 5.74) is 3.12. The lowest BCUT2D eigenvalue weighted by Crippen LogP contribution is -2.47. The highest BCUT2D eigenvalue weighted by Gasteiger charge is 2.28. The van der Waals surface area contributed by atoms with Gasteiger partial charge in [0.15, 0.2) is 5.17 Å². The Balaban J connectivity index is 1.35. The molecule has 0 radical (unpaired) electrons. The number of hydrogen-bond acceptors (Lipinski definition) is 5. The first kappa shape index (κ1) is 18.9. The number of aliphatic imine (C=N–C) groups is 1. The first-order valence-corrected chi connectivity index (χ1v) is 10.0. The number of benzene rings is 1. The topological polar surface area (TPSA) is 53.7 Å². The lowest BCUT2D eigenvalue weighted by molar-refractivity contribution is -0.113. The standard InChI is InChI=1S/C20H22FN5OS/c1-14-16(12-24(2)23-14)13-25-7-9-26(10-8-25)20-22-19(27)18(28-20)11-15-3-5-17(21)6-4-15/h3-6,11-12H,7-10,13H2,1-2H3. The fourth-order valence-electron chi connectivity index (χ4n) is 3.39. The highest BCUT2D eigenvalue weighted by Crippen LogP contribution is 2.30. The van der Waals surface area contributed by atoms with Gasteiger partial charge >= 0.3 is 0 Å². The van der Waals surface area contributed by atoms with Crippen molar-refractivity contribution >= 4 is 28.9 Å². The summed E-state index contributed by atoms with van der Waals surface area (Å²) >= 11 is 1.40. The van der Waals surface area contributed by atoms with Crippen molar-refractivity contribution in [2.75, 3.05) is 26.2 Å². The second-order valence-corrected chi connectivity index (χ2v) is 8.05. The van der Waals surface area contributed by atoms with E-state index in [1.54, 1.807) is 18.2 Å². The van der Waals surface area contributed by atoms with E-state index in [0.29, 0.717) is 4.91 Å². The average molecular weight is 399 g/mol. The molecule has 0 bridgehead atoms. The van der Waals surface area contributed by atoms with Crippen molar-refractivity contribution in [1.29, 1.82) is 0 Å². The van der Waals surface area contributed by atoms with Crippen LogP contribution in [0.5, 0.6) is 0 Å². The van der Waals surface area contributed by atoms with Gasteiger partial charge in [0.2, 0.25) is 0 Å². The van der Waals surface area contributed by atoms with Crippen LogP contribution in [-0.2, 0) is 18.4 Å². The minimum atomic E-state index is -0.288. The lowest BCUT2D eigenvalue weighted by atomic mass is 10.2. The second kappa shape index (κ2) is 7.89. The number of piperazine rings is 1. The van der Waals surface area contributed by atoms with Gasteiger partial charge in [-0.15, -0.1) is 0 Å². The zero-order valence-corrected chi connectivity index (χ0v) is 16.7. The van der Waals surface area contributed by atoms with Crippen LogP contribution in [0.1, 0.15) is 16.8 Å². The largest absolute Gasteiger partial charge is 0.348 e. The molecular weight excluding hydrogens is 377 g/mol. The molecule has 2 aliphatic heterocycles. The van der Waals surface area contributed by atoms with Crippen LogP contribution in [0.4, 0.5) is 4.39 Å². The SMILES string of the molecule is Cc1nn(C)cc1CN1CCN(C2=NC(=O)C(=Cc3ccc(F)cc3)S2)CC1. The predicted octanol–water partition coefficient (Wildman–Crippen LogP) is 2.66. The first-order chi connectivity index (χ1) is 13.5. The van der Waals surface area contributed by atoms with Crippen molar-refractivity contribution in [3.63, 3.8) is 0 Å². The van der Waals surface area contributed by atoms with Gasteiger partial charge in [0.05, 0.1) is 10.6 Å². The molecule has 0 N–H and O–H groups in total. The third-order valence-corrected chi connectivity index (χ3v) is 5.97. The van der Waals surface area contributed by atoms with Crippen LogP contribution >= 0.6 is 11.8 Å². The summed E-state index contributed by atoms with van der Waals surface area (Å²) in [6.45, 7) is 6.43. The van der Waals surface area contributed by atoms with Crippen LogP contribution in [0.25, 0.3) is 6.08 Å². The Labute approximate surface area is 167 Å². The normalized spacial score (nSPS) is 19.5. The van der Waals surface area contributed by atoms with Crippen LogP contribution in [0.3, 0.4) is 0 Å². The molecule has 1 fully saturated rings. The van der Waals surface area contributed by atoms with Gasteiger partial charge in [0.25, 0.3) is 5.91 Å². The van der Waals surface area contributed by atoms with Gasteiger partial charge in [0.1, 0.15) is 5.82 Å². The van der Waals surface area contributed by atoms with E-state index in [-0.39, 0.29) is 11.7 Å². The maximum atomic E-state index is 13.0. The molecule has 2 aromatic rings. The van der Waals surface area contributed by atoms with E-state index < -0.39 is 0 Å². The number of rotatable bonds is 3. The van der Waals surface area contributed by atoms with E-state index in [2.05, 4.69) is 26.1 Å². The highest BCUT2D eigenvalue weighted by atomic mass is 32.2. The van der Waals surface area contributed by atoms with Crippen molar-refractivity contribution in [2.24, 2.45) is 12.0 Å². The molecular formula is C20H22FN5OS. The first-order valence-electron chi connectivity index (χ1n) is 9.22. The molecule has 0 atom stereocenters. The summed E-state index contributed by atoms with van der Waals surface area (Å²) in [6.07, 6.45) is 3.84.